The lowest BCUT2D eigenvalue weighted by Crippen LogP contribution is -2.64. The molecule has 69 heavy (non-hydrogen) atoms. The predicted octanol–water partition coefficient (Wildman–Crippen LogP) is 6.89. The molecule has 0 amide bonds. The summed E-state index contributed by atoms with van der Waals surface area (Å²) in [6.45, 7) is 2.68. The molecule has 10 atom stereocenters. The number of esters is 2. The van der Waals surface area contributed by atoms with E-state index in [2.05, 4.69) is 35.8 Å². The number of phosphoric ester groups is 2. The average molecular weight is 1020 g/mol. The van der Waals surface area contributed by atoms with Crippen molar-refractivity contribution >= 4 is 27.6 Å². The third-order valence-corrected chi connectivity index (χ3v) is 11.5. The Morgan fingerprint density at radius 1 is 0.565 bits per heavy atom. The van der Waals surface area contributed by atoms with Crippen molar-refractivity contribution in [2.45, 2.75) is 172 Å². The Labute approximate surface area is 407 Å². The molecule has 0 saturated heterocycles. The summed E-state index contributed by atoms with van der Waals surface area (Å²) in [5, 5.41) is 61.3. The molecule has 9 N–H and O–H groups in total. The van der Waals surface area contributed by atoms with E-state index in [0.717, 1.165) is 32.1 Å². The summed E-state index contributed by atoms with van der Waals surface area (Å²) in [4.78, 5) is 54.3. The van der Waals surface area contributed by atoms with Gasteiger partial charge in [0.2, 0.25) is 0 Å². The molecule has 1 saturated carbocycles. The van der Waals surface area contributed by atoms with Crippen LogP contribution >= 0.6 is 15.6 Å². The van der Waals surface area contributed by atoms with E-state index in [1.165, 1.54) is 25.3 Å². The first-order chi connectivity index (χ1) is 32.9. The summed E-state index contributed by atoms with van der Waals surface area (Å²) >= 11 is 0. The molecule has 0 bridgehead atoms. The highest BCUT2D eigenvalue weighted by molar-refractivity contribution is 7.47. The molecule has 1 rings (SSSR count). The molecule has 392 valence electrons. The molecule has 18 nitrogen and oxygen atoms in total. The van der Waals surface area contributed by atoms with E-state index in [-0.39, 0.29) is 19.3 Å². The van der Waals surface area contributed by atoms with Crippen molar-refractivity contribution in [2.75, 3.05) is 13.2 Å². The van der Waals surface area contributed by atoms with Gasteiger partial charge < -0.3 is 54.8 Å². The third kappa shape index (κ3) is 33.0. The molecule has 0 heterocycles. The molecule has 1 aliphatic carbocycles. The van der Waals surface area contributed by atoms with Gasteiger partial charge in [0.1, 0.15) is 43.2 Å². The van der Waals surface area contributed by atoms with Crippen LogP contribution in [0.4, 0.5) is 0 Å². The van der Waals surface area contributed by atoms with Gasteiger partial charge in [0.05, 0.1) is 18.8 Å². The summed E-state index contributed by atoms with van der Waals surface area (Å²) in [6, 6.07) is 0. The van der Waals surface area contributed by atoms with Crippen molar-refractivity contribution in [3.63, 3.8) is 0 Å². The lowest BCUT2D eigenvalue weighted by Gasteiger charge is -2.43. The van der Waals surface area contributed by atoms with Gasteiger partial charge >= 0.3 is 27.6 Å². The number of unbranched alkanes of at least 4 members (excludes halogenated alkanes) is 6. The third-order valence-electron chi connectivity index (χ3n) is 10.0. The van der Waals surface area contributed by atoms with Crippen LogP contribution in [0.5, 0.6) is 0 Å². The van der Waals surface area contributed by atoms with Gasteiger partial charge in [-0.2, -0.15) is 0 Å². The monoisotopic (exact) mass is 1020 g/mol. The van der Waals surface area contributed by atoms with Crippen molar-refractivity contribution in [2.24, 2.45) is 0 Å². The summed E-state index contributed by atoms with van der Waals surface area (Å²) in [7, 11) is -10.8. The highest BCUT2D eigenvalue weighted by Crippen LogP contribution is 2.49. The topological polar surface area (TPSA) is 296 Å². The number of carbonyl (C=O) groups is 2. The molecule has 0 aliphatic heterocycles. The Kier molecular flexibility index (Phi) is 35.3. The Morgan fingerprint density at radius 3 is 1.75 bits per heavy atom. The predicted molar refractivity (Wildman–Crippen MR) is 262 cm³/mol. The Morgan fingerprint density at radius 2 is 1.13 bits per heavy atom. The number of rotatable bonds is 37. The Bertz CT molecular complexity index is 1780. The lowest BCUT2D eigenvalue weighted by molar-refractivity contribution is -0.216. The Hall–Kier alpha value is -3.42. The maximum absolute atomic E-state index is 13.0. The lowest BCUT2D eigenvalue weighted by atomic mass is 9.85. The summed E-state index contributed by atoms with van der Waals surface area (Å²) in [5.41, 5.74) is 0. The van der Waals surface area contributed by atoms with Crippen LogP contribution in [-0.2, 0) is 41.8 Å². The first-order valence-corrected chi connectivity index (χ1v) is 26.7. The second-order valence-electron chi connectivity index (χ2n) is 16.1. The van der Waals surface area contributed by atoms with Gasteiger partial charge in [-0.25, -0.2) is 9.13 Å². The molecule has 20 heteroatoms. The van der Waals surface area contributed by atoms with Gasteiger partial charge in [-0.05, 0) is 77.0 Å². The first-order valence-electron chi connectivity index (χ1n) is 23.7. The number of hydrogen-bond acceptors (Lipinski definition) is 15. The number of carbonyl (C=O) groups excluding carboxylic acids is 2. The molecule has 1 aliphatic rings. The highest BCUT2D eigenvalue weighted by atomic mass is 31.2. The van der Waals surface area contributed by atoms with E-state index in [0.29, 0.717) is 32.1 Å². The standard InChI is InChI=1S/C49H78O18P2/c1-3-5-7-8-9-10-11-12-13-14-15-16-20-23-29-35-42(52)63-37-41(38-64-69(61,62)67-49-46(56)44(54)45(55)48(47(49)57)66-68(58,59)60)65-43(53)36-30-24-28-34-40(51)33-27-22-19-17-18-21-26-32-39(50)31-25-6-4-2/h6,9-10,12-13,15-16,18-19,21-22,25-28,32-34,39-41,44-51,54-57H,3-5,7-8,11,14,17,20,23-24,29-31,35-38H2,1-2H3,(H,61,62)(H2,58,59,60)/b10-9-,13-12-,16-15-,21-18-,22-19-,25-6-,32-26+,33-27+,34-28-/t39-,40-,41+,44?,45?,46?,47?,48+,49-/m0/s1. The minimum Gasteiger partial charge on any atom is -0.462 e. The molecular weight excluding hydrogens is 938 g/mol. The van der Waals surface area contributed by atoms with E-state index >= 15 is 0 Å². The molecule has 0 aromatic heterocycles. The number of aliphatic hydroxyl groups is 6. The van der Waals surface area contributed by atoms with Crippen molar-refractivity contribution in [1.82, 2.24) is 0 Å². The second kappa shape index (κ2) is 38.3. The van der Waals surface area contributed by atoms with Crippen LogP contribution in [0.2, 0.25) is 0 Å². The molecule has 0 spiro atoms. The minimum atomic E-state index is -5.40. The van der Waals surface area contributed by atoms with Crippen LogP contribution < -0.4 is 0 Å². The van der Waals surface area contributed by atoms with Crippen molar-refractivity contribution < 1.29 is 87.1 Å². The molecular formula is C49H78O18P2. The zero-order valence-electron chi connectivity index (χ0n) is 39.9. The van der Waals surface area contributed by atoms with Crippen LogP contribution in [-0.4, -0.2) is 125 Å². The molecule has 1 fully saturated rings. The van der Waals surface area contributed by atoms with E-state index in [1.54, 1.807) is 36.5 Å². The number of phosphoric acid groups is 2. The molecule has 5 unspecified atom stereocenters. The van der Waals surface area contributed by atoms with E-state index in [1.807, 2.05) is 49.5 Å². The van der Waals surface area contributed by atoms with Crippen molar-refractivity contribution in [3.05, 3.63) is 109 Å². The number of aliphatic hydroxyl groups excluding tert-OH is 6. The van der Waals surface area contributed by atoms with E-state index < -0.39 is 95.7 Å². The fourth-order valence-electron chi connectivity index (χ4n) is 6.30. The quantitative estimate of drug-likeness (QED) is 0.0101. The first kappa shape index (κ1) is 63.6. The molecule has 0 aromatic rings. The van der Waals surface area contributed by atoms with Crippen molar-refractivity contribution in [3.8, 4) is 0 Å². The second-order valence-corrected chi connectivity index (χ2v) is 18.7. The maximum atomic E-state index is 13.0. The number of allylic oxidation sites excluding steroid dienone is 14. The van der Waals surface area contributed by atoms with Crippen LogP contribution in [0, 0.1) is 0 Å². The van der Waals surface area contributed by atoms with Gasteiger partial charge in [0, 0.05) is 12.8 Å². The Balaban J connectivity index is 2.74. The zero-order valence-corrected chi connectivity index (χ0v) is 41.7. The van der Waals surface area contributed by atoms with Crippen molar-refractivity contribution in [1.29, 1.82) is 0 Å². The summed E-state index contributed by atoms with van der Waals surface area (Å²) < 4.78 is 49.2. The van der Waals surface area contributed by atoms with Gasteiger partial charge in [-0.3, -0.25) is 23.2 Å². The van der Waals surface area contributed by atoms with Crippen LogP contribution in [0.1, 0.15) is 117 Å². The fraction of sp³-hybridized carbons (Fsp3) is 0.592. The average Bonchev–Trinajstić information content (AvgIpc) is 3.29. The minimum absolute atomic E-state index is 0.0218. The van der Waals surface area contributed by atoms with E-state index in [9.17, 15) is 64.0 Å². The van der Waals surface area contributed by atoms with Gasteiger partial charge in [0.15, 0.2) is 6.10 Å². The smallest absolute Gasteiger partial charge is 0.462 e. The largest absolute Gasteiger partial charge is 0.472 e. The molecule has 0 radical (unpaired) electrons. The normalized spacial score (nSPS) is 23.0. The number of hydrogen-bond donors (Lipinski definition) is 9. The van der Waals surface area contributed by atoms with Gasteiger partial charge in [-0.15, -0.1) is 0 Å². The maximum Gasteiger partial charge on any atom is 0.472 e. The van der Waals surface area contributed by atoms with Crippen LogP contribution in [0.15, 0.2) is 109 Å². The molecule has 0 aromatic carbocycles. The zero-order chi connectivity index (χ0) is 51.3. The van der Waals surface area contributed by atoms with Crippen LogP contribution in [0.25, 0.3) is 0 Å². The van der Waals surface area contributed by atoms with Crippen LogP contribution in [0.3, 0.4) is 0 Å². The van der Waals surface area contributed by atoms with E-state index in [4.69, 9.17) is 18.5 Å². The SMILES string of the molecule is CC/C=C\C[C@H](O)/C=C/C=C\C/C=C\C=C\[C@H](O)/C=C\CCCC(=O)O[C@H](COC(=O)CCCC/C=C\C/C=C\C/C=C\CCCCC)COP(=O)(O)O[C@H]1C(O)C(O)C(O)[C@@H](OP(=O)(O)O)C1O. The number of ether oxygens (including phenoxy) is 2. The summed E-state index contributed by atoms with van der Waals surface area (Å²) in [6.07, 6.45) is 28.3. The van der Waals surface area contributed by atoms with Gasteiger partial charge in [-0.1, -0.05) is 136 Å². The summed E-state index contributed by atoms with van der Waals surface area (Å²) in [5.74, 6) is -1.45. The highest BCUT2D eigenvalue weighted by Gasteiger charge is 2.54. The van der Waals surface area contributed by atoms with Gasteiger partial charge in [0.25, 0.3) is 0 Å². The fourth-order valence-corrected chi connectivity index (χ4v) is 7.84.